The fourth-order valence-corrected chi connectivity index (χ4v) is 3.02. The van der Waals surface area contributed by atoms with Crippen molar-refractivity contribution in [3.05, 3.63) is 53.0 Å². The maximum atomic E-state index is 11.8. The first-order chi connectivity index (χ1) is 10.3. The number of amides is 1. The first-order valence-corrected chi connectivity index (χ1v) is 7.90. The van der Waals surface area contributed by atoms with Crippen molar-refractivity contribution in [1.29, 1.82) is 0 Å². The van der Waals surface area contributed by atoms with Crippen LogP contribution in [0.5, 0.6) is 0 Å². The minimum Gasteiger partial charge on any atom is -0.356 e. The van der Waals surface area contributed by atoms with Crippen LogP contribution < -0.4 is 5.32 Å². The average Bonchev–Trinajstić information content (AvgIpc) is 3.13. The molecule has 3 aromatic rings. The largest absolute Gasteiger partial charge is 0.356 e. The Morgan fingerprint density at radius 1 is 1.29 bits per heavy atom. The molecule has 0 saturated heterocycles. The summed E-state index contributed by atoms with van der Waals surface area (Å²) in [6.07, 6.45) is 5.23. The minimum atomic E-state index is 0.0907. The number of aromatic nitrogens is 2. The summed E-state index contributed by atoms with van der Waals surface area (Å²) in [4.78, 5) is 17.2. The fraction of sp³-hybridized carbons (Fsp3) is 0.250. The number of carbonyl (C=O) groups is 1. The number of carbonyl (C=O) groups excluding carboxylic acids is 1. The van der Waals surface area contributed by atoms with E-state index >= 15 is 0 Å². The smallest absolute Gasteiger partial charge is 0.225 e. The molecule has 1 N–H and O–H groups in total. The predicted octanol–water partition coefficient (Wildman–Crippen LogP) is 2.85. The van der Waals surface area contributed by atoms with E-state index in [1.165, 1.54) is 0 Å². The molecule has 21 heavy (non-hydrogen) atoms. The molecule has 1 amide bonds. The summed E-state index contributed by atoms with van der Waals surface area (Å²) < 4.78 is 2.13. The van der Waals surface area contributed by atoms with Gasteiger partial charge in [-0.2, -0.15) is 0 Å². The summed E-state index contributed by atoms with van der Waals surface area (Å²) in [6.45, 7) is 1.55. The van der Waals surface area contributed by atoms with Crippen molar-refractivity contribution in [2.24, 2.45) is 0 Å². The molecule has 108 valence electrons. The third-order valence-electron chi connectivity index (χ3n) is 3.34. The Kier molecular flexibility index (Phi) is 4.31. The van der Waals surface area contributed by atoms with Gasteiger partial charge in [-0.3, -0.25) is 4.79 Å². The first kappa shape index (κ1) is 13.8. The Morgan fingerprint density at radius 3 is 3.10 bits per heavy atom. The molecule has 0 aliphatic heterocycles. The first-order valence-electron chi connectivity index (χ1n) is 7.02. The standard InChI is InChI=1S/C16H17N3OS/c20-15(12-14-5-2-11-21-14)17-8-3-9-19-10-6-13-4-1-7-18-16(13)19/h1-2,4-7,10-11H,3,8-9,12H2,(H,17,20). The lowest BCUT2D eigenvalue weighted by molar-refractivity contribution is -0.120. The molecule has 0 spiro atoms. The predicted molar refractivity (Wildman–Crippen MR) is 85.4 cm³/mol. The van der Waals surface area contributed by atoms with Gasteiger partial charge in [0.2, 0.25) is 5.91 Å². The second-order valence-electron chi connectivity index (χ2n) is 4.89. The Bertz CT molecular complexity index is 718. The van der Waals surface area contributed by atoms with E-state index in [1.807, 2.05) is 36.0 Å². The van der Waals surface area contributed by atoms with Crippen LogP contribution in [0.2, 0.25) is 0 Å². The van der Waals surface area contributed by atoms with Crippen molar-refractivity contribution >= 4 is 28.3 Å². The Balaban J connectivity index is 1.45. The van der Waals surface area contributed by atoms with E-state index in [4.69, 9.17) is 0 Å². The topological polar surface area (TPSA) is 46.9 Å². The van der Waals surface area contributed by atoms with Gasteiger partial charge in [0, 0.05) is 35.7 Å². The van der Waals surface area contributed by atoms with Gasteiger partial charge in [-0.15, -0.1) is 11.3 Å². The van der Waals surface area contributed by atoms with Crippen LogP contribution in [0.1, 0.15) is 11.3 Å². The molecule has 3 heterocycles. The highest BCUT2D eigenvalue weighted by molar-refractivity contribution is 7.10. The van der Waals surface area contributed by atoms with Crippen LogP contribution in [0, 0.1) is 0 Å². The summed E-state index contributed by atoms with van der Waals surface area (Å²) in [7, 11) is 0. The van der Waals surface area contributed by atoms with Crippen molar-refractivity contribution < 1.29 is 4.79 Å². The zero-order valence-electron chi connectivity index (χ0n) is 11.7. The fourth-order valence-electron chi connectivity index (χ4n) is 2.31. The number of nitrogens with one attached hydrogen (secondary N) is 1. The maximum Gasteiger partial charge on any atom is 0.225 e. The number of rotatable bonds is 6. The van der Waals surface area contributed by atoms with E-state index < -0.39 is 0 Å². The van der Waals surface area contributed by atoms with Crippen LogP contribution in [0.4, 0.5) is 0 Å². The third kappa shape index (κ3) is 3.49. The molecule has 0 atom stereocenters. The summed E-state index contributed by atoms with van der Waals surface area (Å²) >= 11 is 1.62. The van der Waals surface area contributed by atoms with E-state index in [0.717, 1.165) is 28.9 Å². The molecule has 0 radical (unpaired) electrons. The van der Waals surface area contributed by atoms with Crippen LogP contribution in [0.3, 0.4) is 0 Å². The number of pyridine rings is 1. The summed E-state index contributed by atoms with van der Waals surface area (Å²) in [5.74, 6) is 0.0907. The second-order valence-corrected chi connectivity index (χ2v) is 5.92. The van der Waals surface area contributed by atoms with Crippen LogP contribution in [-0.4, -0.2) is 22.0 Å². The van der Waals surface area contributed by atoms with Gasteiger partial charge < -0.3 is 9.88 Å². The lowest BCUT2D eigenvalue weighted by Gasteiger charge is -2.06. The number of hydrogen-bond donors (Lipinski definition) is 1. The van der Waals surface area contributed by atoms with Gasteiger partial charge >= 0.3 is 0 Å². The Labute approximate surface area is 127 Å². The highest BCUT2D eigenvalue weighted by atomic mass is 32.1. The number of fused-ring (bicyclic) bond motifs is 1. The van der Waals surface area contributed by atoms with Gasteiger partial charge in [0.05, 0.1) is 6.42 Å². The van der Waals surface area contributed by atoms with E-state index in [2.05, 4.69) is 27.0 Å². The van der Waals surface area contributed by atoms with Crippen LogP contribution >= 0.6 is 11.3 Å². The minimum absolute atomic E-state index is 0.0907. The molecule has 0 aromatic carbocycles. The Hall–Kier alpha value is -2.14. The molecule has 0 bridgehead atoms. The van der Waals surface area contributed by atoms with E-state index in [9.17, 15) is 4.79 Å². The van der Waals surface area contributed by atoms with E-state index in [-0.39, 0.29) is 5.91 Å². The highest BCUT2D eigenvalue weighted by Crippen LogP contribution is 2.12. The molecule has 3 rings (SSSR count). The molecule has 4 nitrogen and oxygen atoms in total. The maximum absolute atomic E-state index is 11.8. The van der Waals surface area contributed by atoms with Crippen molar-refractivity contribution in [2.45, 2.75) is 19.4 Å². The zero-order valence-corrected chi connectivity index (χ0v) is 12.5. The van der Waals surface area contributed by atoms with Crippen LogP contribution in [0.15, 0.2) is 48.1 Å². The lowest BCUT2D eigenvalue weighted by atomic mass is 10.3. The van der Waals surface area contributed by atoms with Gasteiger partial charge in [0.15, 0.2) is 0 Å². The molecule has 0 saturated carbocycles. The molecular weight excluding hydrogens is 282 g/mol. The highest BCUT2D eigenvalue weighted by Gasteiger charge is 2.04. The Morgan fingerprint density at radius 2 is 2.24 bits per heavy atom. The lowest BCUT2D eigenvalue weighted by Crippen LogP contribution is -2.26. The molecule has 5 heteroatoms. The average molecular weight is 299 g/mol. The van der Waals surface area contributed by atoms with E-state index in [0.29, 0.717) is 13.0 Å². The third-order valence-corrected chi connectivity index (χ3v) is 4.21. The van der Waals surface area contributed by atoms with E-state index in [1.54, 1.807) is 11.3 Å². The van der Waals surface area contributed by atoms with Crippen LogP contribution in [0.25, 0.3) is 11.0 Å². The number of thiophene rings is 1. The second kappa shape index (κ2) is 6.54. The van der Waals surface area contributed by atoms with Crippen molar-refractivity contribution in [3.63, 3.8) is 0 Å². The molecule has 0 aliphatic rings. The van der Waals surface area contributed by atoms with Crippen molar-refractivity contribution in [1.82, 2.24) is 14.9 Å². The SMILES string of the molecule is O=C(Cc1cccs1)NCCCn1ccc2cccnc21. The molecule has 0 fully saturated rings. The molecular formula is C16H17N3OS. The molecule has 3 aromatic heterocycles. The van der Waals surface area contributed by atoms with Crippen molar-refractivity contribution in [3.8, 4) is 0 Å². The van der Waals surface area contributed by atoms with Gasteiger partial charge in [-0.05, 0) is 36.1 Å². The van der Waals surface area contributed by atoms with Crippen molar-refractivity contribution in [2.75, 3.05) is 6.54 Å². The van der Waals surface area contributed by atoms with Gasteiger partial charge in [-0.25, -0.2) is 4.98 Å². The van der Waals surface area contributed by atoms with Gasteiger partial charge in [0.1, 0.15) is 5.65 Å². The quantitative estimate of drug-likeness (QED) is 0.711. The number of aryl methyl sites for hydroxylation is 1. The summed E-state index contributed by atoms with van der Waals surface area (Å²) in [6, 6.07) is 10.0. The van der Waals surface area contributed by atoms with Gasteiger partial charge in [-0.1, -0.05) is 6.07 Å². The molecule has 0 unspecified atom stereocenters. The number of hydrogen-bond acceptors (Lipinski definition) is 3. The zero-order chi connectivity index (χ0) is 14.5. The molecule has 0 aliphatic carbocycles. The number of nitrogens with zero attached hydrogens (tertiary/aromatic N) is 2. The normalized spacial score (nSPS) is 10.9. The van der Waals surface area contributed by atoms with Gasteiger partial charge in [0.25, 0.3) is 0 Å². The summed E-state index contributed by atoms with van der Waals surface area (Å²) in [5, 5.41) is 6.11. The summed E-state index contributed by atoms with van der Waals surface area (Å²) in [5.41, 5.74) is 1.00. The monoisotopic (exact) mass is 299 g/mol. The van der Waals surface area contributed by atoms with Crippen LogP contribution in [-0.2, 0) is 17.8 Å².